The number of nitrogens with zero attached hydrogens (tertiary/aromatic N) is 2. The van der Waals surface area contributed by atoms with Gasteiger partial charge in [0.2, 0.25) is 0 Å². The first-order valence-corrected chi connectivity index (χ1v) is 5.85. The first kappa shape index (κ1) is 13.8. The highest BCUT2D eigenvalue weighted by Crippen LogP contribution is 2.30. The van der Waals surface area contributed by atoms with Gasteiger partial charge in [-0.2, -0.15) is 0 Å². The average molecular weight is 293 g/mol. The molecule has 102 valence electrons. The molecular formula is C13H9ClN2O4. The van der Waals surface area contributed by atoms with Crippen LogP contribution in [0.4, 0.5) is 11.4 Å². The Morgan fingerprint density at radius 2 is 1.85 bits per heavy atom. The monoisotopic (exact) mass is 292 g/mol. The molecule has 0 saturated heterocycles. The van der Waals surface area contributed by atoms with Gasteiger partial charge in [0.1, 0.15) is 17.2 Å². The molecule has 2 aromatic carbocycles. The second-order valence-electron chi connectivity index (χ2n) is 3.89. The van der Waals surface area contributed by atoms with Crippen molar-refractivity contribution in [1.29, 1.82) is 0 Å². The van der Waals surface area contributed by atoms with Gasteiger partial charge in [-0.05, 0) is 24.3 Å². The summed E-state index contributed by atoms with van der Waals surface area (Å²) >= 11 is 5.77. The van der Waals surface area contributed by atoms with E-state index in [0.717, 1.165) is 0 Å². The summed E-state index contributed by atoms with van der Waals surface area (Å²) in [6.45, 7) is 0. The lowest BCUT2D eigenvalue weighted by molar-refractivity contribution is -0.384. The van der Waals surface area contributed by atoms with Crippen molar-refractivity contribution in [2.24, 2.45) is 4.99 Å². The van der Waals surface area contributed by atoms with E-state index in [4.69, 9.17) is 11.6 Å². The number of hydrogen-bond donors (Lipinski definition) is 2. The Morgan fingerprint density at radius 3 is 2.55 bits per heavy atom. The van der Waals surface area contributed by atoms with Crippen LogP contribution in [0, 0.1) is 10.1 Å². The molecule has 0 aliphatic rings. The average Bonchev–Trinajstić information content (AvgIpc) is 2.41. The van der Waals surface area contributed by atoms with E-state index in [9.17, 15) is 20.3 Å². The molecule has 0 bridgehead atoms. The molecule has 2 aromatic rings. The Hall–Kier alpha value is -2.60. The van der Waals surface area contributed by atoms with Gasteiger partial charge in [0, 0.05) is 28.9 Å². The molecule has 0 aliphatic carbocycles. The minimum atomic E-state index is -0.576. The molecule has 0 amide bonds. The maximum atomic E-state index is 10.7. The van der Waals surface area contributed by atoms with Gasteiger partial charge < -0.3 is 10.2 Å². The van der Waals surface area contributed by atoms with Crippen LogP contribution >= 0.6 is 11.6 Å². The number of phenols is 2. The second kappa shape index (κ2) is 5.58. The van der Waals surface area contributed by atoms with Crippen LogP contribution in [-0.4, -0.2) is 21.4 Å². The molecule has 0 heterocycles. The molecule has 2 rings (SSSR count). The molecule has 0 unspecified atom stereocenters. The lowest BCUT2D eigenvalue weighted by atomic mass is 10.2. The number of nitro benzene ring substituents is 1. The summed E-state index contributed by atoms with van der Waals surface area (Å²) < 4.78 is 0. The summed E-state index contributed by atoms with van der Waals surface area (Å²) in [5.41, 5.74) is 0.196. The zero-order valence-electron chi connectivity index (χ0n) is 10.0. The lowest BCUT2D eigenvalue weighted by Gasteiger charge is -2.01. The standard InChI is InChI=1S/C13H9ClN2O4/c14-9-1-3-13(18)11(6-9)15-7-8-5-10(16(19)20)2-4-12(8)17/h1-7,17-18H. The molecule has 20 heavy (non-hydrogen) atoms. The number of halogens is 1. The third-order valence-electron chi connectivity index (χ3n) is 2.50. The van der Waals surface area contributed by atoms with Crippen molar-refractivity contribution in [2.75, 3.05) is 0 Å². The van der Waals surface area contributed by atoms with Crippen LogP contribution in [0.5, 0.6) is 11.5 Å². The van der Waals surface area contributed by atoms with Gasteiger partial charge in [0.15, 0.2) is 0 Å². The van der Waals surface area contributed by atoms with Crippen LogP contribution in [0.25, 0.3) is 0 Å². The first-order valence-electron chi connectivity index (χ1n) is 5.47. The fourth-order valence-electron chi connectivity index (χ4n) is 1.50. The van der Waals surface area contributed by atoms with E-state index >= 15 is 0 Å². The minimum absolute atomic E-state index is 0.0874. The molecule has 0 fully saturated rings. The number of benzene rings is 2. The number of non-ortho nitro benzene ring substituents is 1. The topological polar surface area (TPSA) is 96.0 Å². The van der Waals surface area contributed by atoms with E-state index in [1.165, 1.54) is 42.6 Å². The van der Waals surface area contributed by atoms with E-state index < -0.39 is 4.92 Å². The van der Waals surface area contributed by atoms with E-state index in [1.807, 2.05) is 0 Å². The Bertz CT molecular complexity index is 701. The Morgan fingerprint density at radius 1 is 1.15 bits per heavy atom. The van der Waals surface area contributed by atoms with Gasteiger partial charge in [-0.25, -0.2) is 0 Å². The van der Waals surface area contributed by atoms with Crippen LogP contribution in [0.1, 0.15) is 5.56 Å². The lowest BCUT2D eigenvalue weighted by Crippen LogP contribution is -1.90. The maximum absolute atomic E-state index is 10.7. The predicted octanol–water partition coefficient (Wildman–Crippen LogP) is 3.41. The smallest absolute Gasteiger partial charge is 0.270 e. The van der Waals surface area contributed by atoms with Crippen LogP contribution in [0.2, 0.25) is 5.02 Å². The van der Waals surface area contributed by atoms with Crippen molar-refractivity contribution < 1.29 is 15.1 Å². The third-order valence-corrected chi connectivity index (χ3v) is 2.74. The zero-order chi connectivity index (χ0) is 14.7. The molecule has 0 atom stereocenters. The third kappa shape index (κ3) is 3.04. The van der Waals surface area contributed by atoms with E-state index in [-0.39, 0.29) is 28.4 Å². The number of nitro groups is 1. The number of rotatable bonds is 3. The van der Waals surface area contributed by atoms with Crippen LogP contribution in [0.15, 0.2) is 41.4 Å². The fraction of sp³-hybridized carbons (Fsp3) is 0. The summed E-state index contributed by atoms with van der Waals surface area (Å²) in [5.74, 6) is -0.239. The molecule has 0 radical (unpaired) electrons. The van der Waals surface area contributed by atoms with Gasteiger partial charge >= 0.3 is 0 Å². The quantitative estimate of drug-likeness (QED) is 0.515. The Kier molecular flexibility index (Phi) is 3.86. The molecule has 0 aromatic heterocycles. The molecule has 2 N–H and O–H groups in total. The highest BCUT2D eigenvalue weighted by Gasteiger charge is 2.09. The summed E-state index contributed by atoms with van der Waals surface area (Å²) in [6.07, 6.45) is 1.22. The molecule has 7 heteroatoms. The number of hydrogen-bond acceptors (Lipinski definition) is 5. The summed E-state index contributed by atoms with van der Waals surface area (Å²) in [7, 11) is 0. The van der Waals surface area contributed by atoms with E-state index in [2.05, 4.69) is 4.99 Å². The highest BCUT2D eigenvalue weighted by molar-refractivity contribution is 6.30. The van der Waals surface area contributed by atoms with Gasteiger partial charge in [-0.1, -0.05) is 11.6 Å². The summed E-state index contributed by atoms with van der Waals surface area (Å²) in [4.78, 5) is 14.0. The van der Waals surface area contributed by atoms with E-state index in [0.29, 0.717) is 5.02 Å². The summed E-state index contributed by atoms with van der Waals surface area (Å²) in [5, 5.41) is 30.2. The van der Waals surface area contributed by atoms with Gasteiger partial charge in [0.05, 0.1) is 4.92 Å². The zero-order valence-corrected chi connectivity index (χ0v) is 10.8. The SMILES string of the molecule is O=[N+]([O-])c1ccc(O)c(C=Nc2cc(Cl)ccc2O)c1. The molecule has 6 nitrogen and oxygen atoms in total. The first-order chi connectivity index (χ1) is 9.47. The number of phenolic OH excluding ortho intramolecular Hbond substituents is 2. The fourth-order valence-corrected chi connectivity index (χ4v) is 1.66. The molecular weight excluding hydrogens is 284 g/mol. The molecule has 0 aliphatic heterocycles. The van der Waals surface area contributed by atoms with Crippen molar-refractivity contribution in [3.05, 3.63) is 57.1 Å². The van der Waals surface area contributed by atoms with Crippen LogP contribution in [-0.2, 0) is 0 Å². The number of aromatic hydroxyl groups is 2. The molecule has 0 spiro atoms. The summed E-state index contributed by atoms with van der Waals surface area (Å²) in [6, 6.07) is 7.88. The van der Waals surface area contributed by atoms with Crippen LogP contribution < -0.4 is 0 Å². The van der Waals surface area contributed by atoms with Crippen molar-refractivity contribution >= 4 is 29.2 Å². The normalized spacial score (nSPS) is 10.8. The Balaban J connectivity index is 2.38. The number of aliphatic imine (C=N–C) groups is 1. The van der Waals surface area contributed by atoms with Crippen molar-refractivity contribution in [3.8, 4) is 11.5 Å². The largest absolute Gasteiger partial charge is 0.507 e. The second-order valence-corrected chi connectivity index (χ2v) is 4.33. The molecule has 0 saturated carbocycles. The van der Waals surface area contributed by atoms with Gasteiger partial charge in [-0.3, -0.25) is 15.1 Å². The van der Waals surface area contributed by atoms with Crippen molar-refractivity contribution in [2.45, 2.75) is 0 Å². The van der Waals surface area contributed by atoms with Gasteiger partial charge in [0.25, 0.3) is 5.69 Å². The highest BCUT2D eigenvalue weighted by atomic mass is 35.5. The predicted molar refractivity (Wildman–Crippen MR) is 75.1 cm³/mol. The maximum Gasteiger partial charge on any atom is 0.270 e. The van der Waals surface area contributed by atoms with Gasteiger partial charge in [-0.15, -0.1) is 0 Å². The van der Waals surface area contributed by atoms with Crippen molar-refractivity contribution in [1.82, 2.24) is 0 Å². The van der Waals surface area contributed by atoms with E-state index in [1.54, 1.807) is 0 Å². The minimum Gasteiger partial charge on any atom is -0.507 e. The van der Waals surface area contributed by atoms with Crippen molar-refractivity contribution in [3.63, 3.8) is 0 Å². The van der Waals surface area contributed by atoms with Crippen LogP contribution in [0.3, 0.4) is 0 Å². The Labute approximate surface area is 118 Å².